The monoisotopic (exact) mass is 444 g/mol. The van der Waals surface area contributed by atoms with E-state index < -0.39 is 11.1 Å². The second-order valence-electron chi connectivity index (χ2n) is 6.42. The maximum Gasteiger partial charge on any atom is 0.293 e. The summed E-state index contributed by atoms with van der Waals surface area (Å²) in [7, 11) is 0. The highest BCUT2D eigenvalue weighted by Crippen LogP contribution is 2.36. The minimum Gasteiger partial charge on any atom is -0.454 e. The molecule has 8 nitrogen and oxygen atoms in total. The predicted molar refractivity (Wildman–Crippen MR) is 112 cm³/mol. The maximum absolute atomic E-state index is 12.6. The Hall–Kier alpha value is -3.11. The molecule has 0 spiro atoms. The number of hydrogen-bond acceptors (Lipinski definition) is 8. The van der Waals surface area contributed by atoms with Crippen molar-refractivity contribution in [3.05, 3.63) is 50.6 Å². The van der Waals surface area contributed by atoms with Crippen molar-refractivity contribution in [2.45, 2.75) is 6.92 Å². The third kappa shape index (κ3) is 4.10. The molecule has 154 valence electrons. The number of nitrogens with zero attached hydrogens (tertiary/aromatic N) is 1. The molecule has 2 aliphatic rings. The molecule has 0 atom stereocenters. The van der Waals surface area contributed by atoms with Gasteiger partial charge in [0.2, 0.25) is 6.79 Å². The number of thioether (sulfide) groups is 1. The minimum absolute atomic E-state index is 0.0554. The van der Waals surface area contributed by atoms with Crippen LogP contribution in [0.4, 0.5) is 4.79 Å². The first kappa shape index (κ1) is 20.2. The van der Waals surface area contributed by atoms with Crippen molar-refractivity contribution in [1.29, 1.82) is 0 Å². The predicted octanol–water partition coefficient (Wildman–Crippen LogP) is 3.15. The molecule has 1 aromatic heterocycles. The van der Waals surface area contributed by atoms with E-state index in [9.17, 15) is 19.2 Å². The van der Waals surface area contributed by atoms with Crippen molar-refractivity contribution < 1.29 is 28.7 Å². The highest BCUT2D eigenvalue weighted by atomic mass is 32.2. The van der Waals surface area contributed by atoms with Gasteiger partial charge in [-0.3, -0.25) is 24.1 Å². The van der Waals surface area contributed by atoms with Crippen LogP contribution in [-0.2, 0) is 4.79 Å². The number of thiophene rings is 1. The average molecular weight is 444 g/mol. The molecular formula is C20H16N2O6S2. The largest absolute Gasteiger partial charge is 0.454 e. The number of carbonyl (C=O) groups is 4. The maximum atomic E-state index is 12.6. The van der Waals surface area contributed by atoms with E-state index in [2.05, 4.69) is 5.32 Å². The molecule has 1 saturated heterocycles. The number of nitrogens with one attached hydrogen (secondary N) is 1. The van der Waals surface area contributed by atoms with Crippen molar-refractivity contribution in [2.24, 2.45) is 0 Å². The lowest BCUT2D eigenvalue weighted by Crippen LogP contribution is -2.37. The number of rotatable bonds is 6. The standard InChI is InChI=1S/C20H16N2O6S2/c1-11(23)15-4-5-16(29-15)18(24)21-6-7-22-19(25)17(30-20(22)26)9-12-2-3-13-14(8-12)28-10-27-13/h2-5,8-9H,6-7,10H2,1H3,(H,21,24)/b17-9-. The van der Waals surface area contributed by atoms with Gasteiger partial charge in [0, 0.05) is 13.1 Å². The summed E-state index contributed by atoms with van der Waals surface area (Å²) < 4.78 is 10.6. The quantitative estimate of drug-likeness (QED) is 0.539. The summed E-state index contributed by atoms with van der Waals surface area (Å²) in [6.07, 6.45) is 1.63. The number of hydrogen-bond donors (Lipinski definition) is 1. The van der Waals surface area contributed by atoms with Crippen LogP contribution in [0.5, 0.6) is 11.5 Å². The summed E-state index contributed by atoms with van der Waals surface area (Å²) in [4.78, 5) is 50.6. The van der Waals surface area contributed by atoms with Gasteiger partial charge in [-0.15, -0.1) is 11.3 Å². The highest BCUT2D eigenvalue weighted by molar-refractivity contribution is 8.18. The van der Waals surface area contributed by atoms with Gasteiger partial charge in [0.25, 0.3) is 17.1 Å². The SMILES string of the molecule is CC(=O)c1ccc(C(=O)NCCN2C(=O)S/C(=C\c3ccc4c(c3)OCO4)C2=O)s1. The van der Waals surface area contributed by atoms with Gasteiger partial charge in [0.15, 0.2) is 17.3 Å². The molecule has 2 aliphatic heterocycles. The van der Waals surface area contributed by atoms with Crippen LogP contribution in [0.3, 0.4) is 0 Å². The van der Waals surface area contributed by atoms with Crippen molar-refractivity contribution in [1.82, 2.24) is 10.2 Å². The first-order valence-electron chi connectivity index (χ1n) is 8.96. The van der Waals surface area contributed by atoms with Crippen LogP contribution in [0, 0.1) is 0 Å². The molecule has 0 radical (unpaired) electrons. The van der Waals surface area contributed by atoms with Crippen LogP contribution in [0.1, 0.15) is 31.8 Å². The molecule has 1 fully saturated rings. The molecule has 4 rings (SSSR count). The third-order valence-electron chi connectivity index (χ3n) is 4.37. The van der Waals surface area contributed by atoms with Crippen LogP contribution < -0.4 is 14.8 Å². The molecular weight excluding hydrogens is 428 g/mol. The molecule has 0 bridgehead atoms. The number of carbonyl (C=O) groups excluding carboxylic acids is 4. The topological polar surface area (TPSA) is 102 Å². The van der Waals surface area contributed by atoms with Crippen LogP contribution in [0.15, 0.2) is 35.2 Å². The second kappa shape index (κ2) is 8.33. The average Bonchev–Trinajstić information content (AvgIpc) is 3.43. The Kier molecular flexibility index (Phi) is 5.60. The summed E-state index contributed by atoms with van der Waals surface area (Å²) in [5.41, 5.74) is 0.719. The lowest BCUT2D eigenvalue weighted by molar-refractivity contribution is -0.122. The van der Waals surface area contributed by atoms with E-state index in [1.54, 1.807) is 36.4 Å². The molecule has 2 aromatic rings. The van der Waals surface area contributed by atoms with Crippen molar-refractivity contribution in [2.75, 3.05) is 19.9 Å². The zero-order valence-corrected chi connectivity index (χ0v) is 17.4. The lowest BCUT2D eigenvalue weighted by Gasteiger charge is -2.12. The molecule has 0 aliphatic carbocycles. The molecule has 10 heteroatoms. The van der Waals surface area contributed by atoms with Crippen LogP contribution in [-0.4, -0.2) is 47.6 Å². The Morgan fingerprint density at radius 2 is 1.90 bits per heavy atom. The van der Waals surface area contributed by atoms with E-state index in [0.29, 0.717) is 26.2 Å². The molecule has 1 aromatic carbocycles. The van der Waals surface area contributed by atoms with E-state index in [1.165, 1.54) is 6.92 Å². The zero-order chi connectivity index (χ0) is 21.3. The summed E-state index contributed by atoms with van der Waals surface area (Å²) in [6, 6.07) is 8.44. The van der Waals surface area contributed by atoms with E-state index >= 15 is 0 Å². The van der Waals surface area contributed by atoms with Gasteiger partial charge in [0.1, 0.15) is 0 Å². The van der Waals surface area contributed by atoms with Crippen molar-refractivity contribution in [3.63, 3.8) is 0 Å². The van der Waals surface area contributed by atoms with Gasteiger partial charge in [-0.05, 0) is 54.6 Å². The fourth-order valence-corrected chi connectivity index (χ4v) is 4.55. The molecule has 30 heavy (non-hydrogen) atoms. The number of Topliss-reactive ketones (excluding diaryl/α,β-unsaturated/α-hetero) is 1. The van der Waals surface area contributed by atoms with Gasteiger partial charge in [-0.1, -0.05) is 6.07 Å². The number of ether oxygens (including phenoxy) is 2. The van der Waals surface area contributed by atoms with Crippen molar-refractivity contribution in [3.8, 4) is 11.5 Å². The number of fused-ring (bicyclic) bond motifs is 1. The second-order valence-corrected chi connectivity index (χ2v) is 8.50. The summed E-state index contributed by atoms with van der Waals surface area (Å²) in [5.74, 6) is 0.359. The number of ketones is 1. The van der Waals surface area contributed by atoms with Crippen molar-refractivity contribution >= 4 is 52.0 Å². The highest BCUT2D eigenvalue weighted by Gasteiger charge is 2.34. The summed E-state index contributed by atoms with van der Waals surface area (Å²) >= 11 is 1.95. The Bertz CT molecular complexity index is 1090. The Balaban J connectivity index is 1.36. The number of imide groups is 1. The van der Waals surface area contributed by atoms with Gasteiger partial charge in [-0.25, -0.2) is 0 Å². The Labute approximate surface area is 179 Å². The summed E-state index contributed by atoms with van der Waals surface area (Å²) in [6.45, 7) is 1.76. The number of amides is 3. The normalized spacial score (nSPS) is 16.4. The van der Waals surface area contributed by atoms with Crippen LogP contribution in [0.25, 0.3) is 6.08 Å². The fraction of sp³-hybridized carbons (Fsp3) is 0.200. The third-order valence-corrected chi connectivity index (χ3v) is 6.46. The smallest absolute Gasteiger partial charge is 0.293 e. The van der Waals surface area contributed by atoms with E-state index in [0.717, 1.165) is 33.6 Å². The van der Waals surface area contributed by atoms with Gasteiger partial charge < -0.3 is 14.8 Å². The molecule has 3 amide bonds. The summed E-state index contributed by atoms with van der Waals surface area (Å²) in [5, 5.41) is 2.27. The lowest BCUT2D eigenvalue weighted by atomic mass is 10.2. The molecule has 0 saturated carbocycles. The van der Waals surface area contributed by atoms with Gasteiger partial charge in [-0.2, -0.15) is 0 Å². The Morgan fingerprint density at radius 1 is 1.13 bits per heavy atom. The van der Waals surface area contributed by atoms with Crippen LogP contribution >= 0.6 is 23.1 Å². The molecule has 1 N–H and O–H groups in total. The first-order valence-corrected chi connectivity index (χ1v) is 10.6. The Morgan fingerprint density at radius 3 is 2.67 bits per heavy atom. The minimum atomic E-state index is -0.410. The van der Waals surface area contributed by atoms with E-state index in [4.69, 9.17) is 9.47 Å². The van der Waals surface area contributed by atoms with Gasteiger partial charge >= 0.3 is 0 Å². The van der Waals surface area contributed by atoms with Gasteiger partial charge in [0.05, 0.1) is 14.7 Å². The van der Waals surface area contributed by atoms with E-state index in [-0.39, 0.29) is 31.6 Å². The molecule has 0 unspecified atom stereocenters. The van der Waals surface area contributed by atoms with Crippen LogP contribution in [0.2, 0.25) is 0 Å². The van der Waals surface area contributed by atoms with E-state index in [1.807, 2.05) is 0 Å². The fourth-order valence-electron chi connectivity index (χ4n) is 2.86. The zero-order valence-electron chi connectivity index (χ0n) is 15.8. The molecule has 3 heterocycles. The number of benzene rings is 1. The first-order chi connectivity index (χ1) is 14.4.